The molecule has 6 nitrogen and oxygen atoms in total. The van der Waals surface area contributed by atoms with Crippen LogP contribution >= 0.6 is 0 Å². The zero-order valence-electron chi connectivity index (χ0n) is 14.1. The van der Waals surface area contributed by atoms with Crippen LogP contribution in [0.4, 0.5) is 14.5 Å². The number of anilines is 1. The summed E-state index contributed by atoms with van der Waals surface area (Å²) in [7, 11) is -3.94. The first-order valence-electron chi connectivity index (χ1n) is 7.74. The summed E-state index contributed by atoms with van der Waals surface area (Å²) in [5, 5.41) is 2.32. The Labute approximate surface area is 150 Å². The molecule has 2 aromatic rings. The largest absolute Gasteiger partial charge is 0.494 e. The second kappa shape index (κ2) is 8.24. The Morgan fingerprint density at radius 3 is 2.35 bits per heavy atom. The van der Waals surface area contributed by atoms with E-state index in [1.54, 1.807) is 6.92 Å². The molecule has 0 aliphatic rings. The summed E-state index contributed by atoms with van der Waals surface area (Å²) in [5.41, 5.74) is 0.0148. The van der Waals surface area contributed by atoms with E-state index < -0.39 is 33.6 Å². The van der Waals surface area contributed by atoms with Gasteiger partial charge in [0.15, 0.2) is 11.6 Å². The molecular weight excluding hydrogens is 366 g/mol. The van der Waals surface area contributed by atoms with Gasteiger partial charge in [-0.2, -0.15) is 4.72 Å². The minimum Gasteiger partial charge on any atom is -0.494 e. The van der Waals surface area contributed by atoms with E-state index in [1.807, 2.05) is 0 Å². The van der Waals surface area contributed by atoms with Crippen molar-refractivity contribution in [1.82, 2.24) is 4.72 Å². The van der Waals surface area contributed by atoms with Crippen LogP contribution in [-0.2, 0) is 14.8 Å². The fourth-order valence-electron chi connectivity index (χ4n) is 2.06. The normalized spacial score (nSPS) is 12.5. The maximum Gasteiger partial charge on any atom is 0.242 e. The second-order valence-electron chi connectivity index (χ2n) is 5.37. The highest BCUT2D eigenvalue weighted by atomic mass is 32.2. The van der Waals surface area contributed by atoms with E-state index in [0.717, 1.165) is 12.1 Å². The number of hydrogen-bond acceptors (Lipinski definition) is 4. The maximum absolute atomic E-state index is 13.2. The topological polar surface area (TPSA) is 84.5 Å². The molecular formula is C17H18F2N2O4S. The van der Waals surface area contributed by atoms with Gasteiger partial charge in [-0.15, -0.1) is 0 Å². The molecule has 0 fully saturated rings. The summed E-state index contributed by atoms with van der Waals surface area (Å²) in [6.45, 7) is 3.59. The Bertz CT molecular complexity index is 886. The van der Waals surface area contributed by atoms with E-state index in [2.05, 4.69) is 10.0 Å². The van der Waals surface area contributed by atoms with Crippen LogP contribution in [0.25, 0.3) is 0 Å². The fourth-order valence-corrected chi connectivity index (χ4v) is 3.26. The number of nitrogens with one attached hydrogen (secondary N) is 2. The summed E-state index contributed by atoms with van der Waals surface area (Å²) >= 11 is 0. The van der Waals surface area contributed by atoms with Crippen molar-refractivity contribution >= 4 is 21.6 Å². The summed E-state index contributed by atoms with van der Waals surface area (Å²) < 4.78 is 58.2. The zero-order valence-corrected chi connectivity index (χ0v) is 14.9. The van der Waals surface area contributed by atoms with Crippen LogP contribution in [0.15, 0.2) is 47.4 Å². The number of halogens is 2. The lowest BCUT2D eigenvalue weighted by atomic mass is 10.2. The average molecular weight is 384 g/mol. The molecule has 26 heavy (non-hydrogen) atoms. The third-order valence-electron chi connectivity index (χ3n) is 3.36. The lowest BCUT2D eigenvalue weighted by Gasteiger charge is -2.15. The SMILES string of the molecule is CCOc1ccc(S(=O)(=O)NC(C)C(=O)Nc2ccc(F)c(F)c2)cc1. The van der Waals surface area contributed by atoms with Crippen LogP contribution < -0.4 is 14.8 Å². The number of hydrogen-bond donors (Lipinski definition) is 2. The van der Waals surface area contributed by atoms with E-state index in [4.69, 9.17) is 4.74 Å². The number of benzene rings is 2. The number of amides is 1. The molecule has 0 saturated carbocycles. The highest BCUT2D eigenvalue weighted by molar-refractivity contribution is 7.89. The van der Waals surface area contributed by atoms with Crippen LogP contribution in [0.2, 0.25) is 0 Å². The molecule has 0 heterocycles. The third-order valence-corrected chi connectivity index (χ3v) is 4.91. The van der Waals surface area contributed by atoms with Crippen molar-refractivity contribution in [2.75, 3.05) is 11.9 Å². The molecule has 0 bridgehead atoms. The van der Waals surface area contributed by atoms with Crippen molar-refractivity contribution in [1.29, 1.82) is 0 Å². The van der Waals surface area contributed by atoms with Crippen LogP contribution in [0.5, 0.6) is 5.75 Å². The van der Waals surface area contributed by atoms with Gasteiger partial charge >= 0.3 is 0 Å². The minimum absolute atomic E-state index is 0.0148. The lowest BCUT2D eigenvalue weighted by molar-refractivity contribution is -0.117. The molecule has 9 heteroatoms. The van der Waals surface area contributed by atoms with Crippen molar-refractivity contribution in [3.8, 4) is 5.75 Å². The average Bonchev–Trinajstić information content (AvgIpc) is 2.58. The first-order valence-corrected chi connectivity index (χ1v) is 9.22. The summed E-state index contributed by atoms with van der Waals surface area (Å²) in [6.07, 6.45) is 0. The van der Waals surface area contributed by atoms with Gasteiger partial charge in [-0.1, -0.05) is 0 Å². The Balaban J connectivity index is 2.05. The van der Waals surface area contributed by atoms with Crippen molar-refractivity contribution in [3.05, 3.63) is 54.1 Å². The van der Waals surface area contributed by atoms with E-state index in [-0.39, 0.29) is 10.6 Å². The van der Waals surface area contributed by atoms with Crippen LogP contribution in [-0.4, -0.2) is 27.0 Å². The van der Waals surface area contributed by atoms with Gasteiger partial charge in [0.1, 0.15) is 5.75 Å². The van der Waals surface area contributed by atoms with Gasteiger partial charge in [0.2, 0.25) is 15.9 Å². The number of carbonyl (C=O) groups excluding carboxylic acids is 1. The van der Waals surface area contributed by atoms with Gasteiger partial charge in [-0.25, -0.2) is 17.2 Å². The number of carbonyl (C=O) groups is 1. The smallest absolute Gasteiger partial charge is 0.242 e. The molecule has 2 aromatic carbocycles. The molecule has 0 aliphatic carbocycles. The van der Waals surface area contributed by atoms with E-state index in [1.165, 1.54) is 37.3 Å². The van der Waals surface area contributed by atoms with Crippen LogP contribution in [0.3, 0.4) is 0 Å². The van der Waals surface area contributed by atoms with Crippen LogP contribution in [0.1, 0.15) is 13.8 Å². The quantitative estimate of drug-likeness (QED) is 0.769. The molecule has 0 spiro atoms. The molecule has 1 atom stereocenters. The van der Waals surface area contributed by atoms with Gasteiger partial charge in [0, 0.05) is 11.8 Å². The molecule has 0 radical (unpaired) electrons. The minimum atomic E-state index is -3.94. The van der Waals surface area contributed by atoms with Crippen molar-refractivity contribution in [3.63, 3.8) is 0 Å². The van der Waals surface area contributed by atoms with Crippen LogP contribution in [0, 0.1) is 11.6 Å². The van der Waals surface area contributed by atoms with Gasteiger partial charge in [0.25, 0.3) is 0 Å². The van der Waals surface area contributed by atoms with Crippen molar-refractivity contribution in [2.45, 2.75) is 24.8 Å². The lowest BCUT2D eigenvalue weighted by Crippen LogP contribution is -2.41. The summed E-state index contributed by atoms with van der Waals surface area (Å²) in [5.74, 6) is -2.36. The van der Waals surface area contributed by atoms with E-state index >= 15 is 0 Å². The maximum atomic E-state index is 13.2. The molecule has 2 N–H and O–H groups in total. The summed E-state index contributed by atoms with van der Waals surface area (Å²) in [4.78, 5) is 12.0. The molecule has 1 amide bonds. The molecule has 1 unspecified atom stereocenters. The monoisotopic (exact) mass is 384 g/mol. The highest BCUT2D eigenvalue weighted by Crippen LogP contribution is 2.17. The summed E-state index contributed by atoms with van der Waals surface area (Å²) in [6, 6.07) is 7.42. The fraction of sp³-hybridized carbons (Fsp3) is 0.235. The highest BCUT2D eigenvalue weighted by Gasteiger charge is 2.22. The molecule has 2 rings (SSSR count). The Morgan fingerprint density at radius 1 is 1.12 bits per heavy atom. The van der Waals surface area contributed by atoms with Gasteiger partial charge < -0.3 is 10.1 Å². The number of sulfonamides is 1. The Kier molecular flexibility index (Phi) is 6.27. The first kappa shape index (κ1) is 19.8. The number of rotatable bonds is 7. The third kappa shape index (κ3) is 4.99. The zero-order chi connectivity index (χ0) is 19.3. The van der Waals surface area contributed by atoms with E-state index in [0.29, 0.717) is 12.4 Å². The Hall–Kier alpha value is -2.52. The standard InChI is InChI=1S/C17H18F2N2O4S/c1-3-25-13-5-7-14(8-6-13)26(23,24)21-11(2)17(22)20-12-4-9-15(18)16(19)10-12/h4-11,21H,3H2,1-2H3,(H,20,22). The number of ether oxygens (including phenoxy) is 1. The molecule has 0 saturated heterocycles. The Morgan fingerprint density at radius 2 is 1.77 bits per heavy atom. The van der Waals surface area contributed by atoms with Gasteiger partial charge in [-0.05, 0) is 50.2 Å². The van der Waals surface area contributed by atoms with Gasteiger partial charge in [0.05, 0.1) is 17.5 Å². The molecule has 0 aromatic heterocycles. The van der Waals surface area contributed by atoms with Crippen molar-refractivity contribution < 1.29 is 26.7 Å². The van der Waals surface area contributed by atoms with Gasteiger partial charge in [-0.3, -0.25) is 4.79 Å². The molecule has 0 aliphatic heterocycles. The second-order valence-corrected chi connectivity index (χ2v) is 7.08. The first-order chi connectivity index (χ1) is 12.2. The predicted molar refractivity (Wildman–Crippen MR) is 92.4 cm³/mol. The van der Waals surface area contributed by atoms with E-state index in [9.17, 15) is 22.0 Å². The molecule has 140 valence electrons. The predicted octanol–water partition coefficient (Wildman–Crippen LogP) is 2.67. The van der Waals surface area contributed by atoms with Crippen molar-refractivity contribution in [2.24, 2.45) is 0 Å².